The maximum Gasteiger partial charge on any atom is 0.251 e. The van der Waals surface area contributed by atoms with Gasteiger partial charge in [-0.25, -0.2) is 4.98 Å². The summed E-state index contributed by atoms with van der Waals surface area (Å²) in [7, 11) is 0. The van der Waals surface area contributed by atoms with Crippen molar-refractivity contribution in [2.75, 3.05) is 0 Å². The smallest absolute Gasteiger partial charge is 0.251 e. The fourth-order valence-corrected chi connectivity index (χ4v) is 2.35. The van der Waals surface area contributed by atoms with Crippen molar-refractivity contribution in [2.45, 2.75) is 47.2 Å². The Balaban J connectivity index is 2.17. The molecule has 1 unspecified atom stereocenters. The van der Waals surface area contributed by atoms with E-state index in [1.165, 1.54) is 0 Å². The zero-order valence-electron chi connectivity index (χ0n) is 13.9. The highest BCUT2D eigenvalue weighted by atomic mass is 16.1. The predicted octanol–water partition coefficient (Wildman–Crippen LogP) is 2.74. The molecule has 2 aromatic heterocycles. The highest BCUT2D eigenvalue weighted by Gasteiger charge is 2.27. The molecule has 0 bridgehead atoms. The summed E-state index contributed by atoms with van der Waals surface area (Å²) in [6.07, 6.45) is 5.42. The fraction of sp³-hybridized carbons (Fsp3) is 0.471. The lowest BCUT2D eigenvalue weighted by Crippen LogP contribution is -2.46. The molecule has 0 saturated heterocycles. The van der Waals surface area contributed by atoms with Gasteiger partial charge in [0.25, 0.3) is 5.91 Å². The quantitative estimate of drug-likeness (QED) is 0.944. The van der Waals surface area contributed by atoms with Crippen LogP contribution in [0.3, 0.4) is 0 Å². The monoisotopic (exact) mass is 300 g/mol. The van der Waals surface area contributed by atoms with Gasteiger partial charge in [0.2, 0.25) is 0 Å². The minimum Gasteiger partial charge on any atom is -0.347 e. The summed E-state index contributed by atoms with van der Waals surface area (Å²) in [5.41, 5.74) is 2.31. The number of hydrogen-bond donors (Lipinski definition) is 1. The van der Waals surface area contributed by atoms with Crippen molar-refractivity contribution >= 4 is 5.91 Å². The number of aryl methyl sites for hydroxylation is 2. The van der Waals surface area contributed by atoms with Crippen LogP contribution in [0, 0.1) is 19.3 Å². The van der Waals surface area contributed by atoms with E-state index in [2.05, 4.69) is 36.1 Å². The van der Waals surface area contributed by atoms with E-state index in [0.717, 1.165) is 11.4 Å². The molecule has 0 fully saturated rings. The minimum absolute atomic E-state index is 0.00276. The highest BCUT2D eigenvalue weighted by Crippen LogP contribution is 2.21. The van der Waals surface area contributed by atoms with Gasteiger partial charge in [-0.05, 0) is 31.4 Å². The number of amides is 1. The van der Waals surface area contributed by atoms with Crippen LogP contribution in [0.4, 0.5) is 0 Å². The van der Waals surface area contributed by atoms with Crippen LogP contribution in [-0.4, -0.2) is 26.5 Å². The first-order valence-corrected chi connectivity index (χ1v) is 7.47. The van der Waals surface area contributed by atoms with Gasteiger partial charge >= 0.3 is 0 Å². The standard InChI is InChI=1S/C17H24N4O/c1-12-8-14(9-13(2)19-12)16(22)20-15(17(3,4)5)10-21-7-6-18-11-21/h6-9,11,15H,10H2,1-5H3,(H,20,22). The number of rotatable bonds is 4. The van der Waals surface area contributed by atoms with Crippen LogP contribution >= 0.6 is 0 Å². The third-order valence-corrected chi connectivity index (χ3v) is 3.65. The van der Waals surface area contributed by atoms with Crippen molar-refractivity contribution in [1.29, 1.82) is 0 Å². The summed E-state index contributed by atoms with van der Waals surface area (Å²) in [6.45, 7) is 10.9. The van der Waals surface area contributed by atoms with E-state index in [0.29, 0.717) is 12.1 Å². The minimum atomic E-state index is -0.0614. The Kier molecular flexibility index (Phi) is 4.64. The van der Waals surface area contributed by atoms with E-state index in [4.69, 9.17) is 0 Å². The average Bonchev–Trinajstić information content (AvgIpc) is 2.88. The second-order valence-electron chi connectivity index (χ2n) is 6.79. The molecular formula is C17H24N4O. The Labute approximate surface area is 131 Å². The van der Waals surface area contributed by atoms with Gasteiger partial charge in [-0.15, -0.1) is 0 Å². The molecule has 2 heterocycles. The van der Waals surface area contributed by atoms with E-state index in [1.807, 2.05) is 36.7 Å². The molecule has 1 N–H and O–H groups in total. The molecule has 5 nitrogen and oxygen atoms in total. The number of nitrogens with one attached hydrogen (secondary N) is 1. The maximum atomic E-state index is 12.6. The summed E-state index contributed by atoms with van der Waals surface area (Å²) in [5.74, 6) is -0.0614. The van der Waals surface area contributed by atoms with E-state index in [-0.39, 0.29) is 17.4 Å². The Morgan fingerprint density at radius 3 is 2.41 bits per heavy atom. The van der Waals surface area contributed by atoms with Gasteiger partial charge in [0.1, 0.15) is 0 Å². The zero-order valence-corrected chi connectivity index (χ0v) is 13.9. The van der Waals surface area contributed by atoms with Gasteiger partial charge in [0.15, 0.2) is 0 Å². The molecule has 22 heavy (non-hydrogen) atoms. The summed E-state index contributed by atoms with van der Waals surface area (Å²) >= 11 is 0. The van der Waals surface area contributed by atoms with E-state index in [9.17, 15) is 4.79 Å². The van der Waals surface area contributed by atoms with Gasteiger partial charge in [-0.3, -0.25) is 9.78 Å². The van der Waals surface area contributed by atoms with Gasteiger partial charge in [0, 0.05) is 35.9 Å². The SMILES string of the molecule is Cc1cc(C(=O)NC(Cn2ccnc2)C(C)(C)C)cc(C)n1. The third-order valence-electron chi connectivity index (χ3n) is 3.65. The van der Waals surface area contributed by atoms with Crippen LogP contribution in [0.1, 0.15) is 42.5 Å². The predicted molar refractivity (Wildman–Crippen MR) is 86.6 cm³/mol. The summed E-state index contributed by atoms with van der Waals surface area (Å²) < 4.78 is 1.99. The van der Waals surface area contributed by atoms with Crippen molar-refractivity contribution in [1.82, 2.24) is 19.9 Å². The molecule has 0 aliphatic carbocycles. The van der Waals surface area contributed by atoms with Crippen LogP contribution in [0.15, 0.2) is 30.9 Å². The number of hydrogen-bond acceptors (Lipinski definition) is 3. The lowest BCUT2D eigenvalue weighted by atomic mass is 9.86. The first kappa shape index (κ1) is 16.2. The van der Waals surface area contributed by atoms with Crippen LogP contribution in [0.5, 0.6) is 0 Å². The molecular weight excluding hydrogens is 276 g/mol. The number of pyridine rings is 1. The van der Waals surface area contributed by atoms with E-state index in [1.54, 1.807) is 12.5 Å². The van der Waals surface area contributed by atoms with Crippen molar-refractivity contribution < 1.29 is 4.79 Å². The molecule has 0 aliphatic heterocycles. The zero-order chi connectivity index (χ0) is 16.3. The number of nitrogens with zero attached hydrogens (tertiary/aromatic N) is 3. The molecule has 0 spiro atoms. The molecule has 0 radical (unpaired) electrons. The number of aromatic nitrogens is 3. The second kappa shape index (κ2) is 6.30. The Morgan fingerprint density at radius 2 is 1.91 bits per heavy atom. The Hall–Kier alpha value is -2.17. The van der Waals surface area contributed by atoms with Crippen molar-refractivity contribution in [2.24, 2.45) is 5.41 Å². The molecule has 0 saturated carbocycles. The van der Waals surface area contributed by atoms with Gasteiger partial charge in [-0.2, -0.15) is 0 Å². The molecule has 5 heteroatoms. The maximum absolute atomic E-state index is 12.6. The molecule has 2 aromatic rings. The summed E-state index contributed by atoms with van der Waals surface area (Å²) in [6, 6.07) is 3.64. The largest absolute Gasteiger partial charge is 0.347 e. The van der Waals surface area contributed by atoms with Crippen LogP contribution in [0.25, 0.3) is 0 Å². The van der Waals surface area contributed by atoms with Crippen LogP contribution in [-0.2, 0) is 6.54 Å². The molecule has 0 aliphatic rings. The molecule has 2 rings (SSSR count). The van der Waals surface area contributed by atoms with Crippen molar-refractivity contribution in [3.8, 4) is 0 Å². The number of carbonyl (C=O) groups is 1. The third kappa shape index (κ3) is 4.16. The summed E-state index contributed by atoms with van der Waals surface area (Å²) in [4.78, 5) is 20.9. The topological polar surface area (TPSA) is 59.8 Å². The fourth-order valence-electron chi connectivity index (χ4n) is 2.35. The van der Waals surface area contributed by atoms with Crippen LogP contribution in [0.2, 0.25) is 0 Å². The average molecular weight is 300 g/mol. The number of carbonyl (C=O) groups excluding carboxylic acids is 1. The summed E-state index contributed by atoms with van der Waals surface area (Å²) in [5, 5.41) is 3.15. The molecule has 0 aromatic carbocycles. The van der Waals surface area contributed by atoms with E-state index < -0.39 is 0 Å². The lowest BCUT2D eigenvalue weighted by Gasteiger charge is -2.31. The van der Waals surface area contributed by atoms with Crippen LogP contribution < -0.4 is 5.32 Å². The first-order valence-electron chi connectivity index (χ1n) is 7.47. The lowest BCUT2D eigenvalue weighted by molar-refractivity contribution is 0.0892. The normalized spacial score (nSPS) is 13.0. The first-order chi connectivity index (χ1) is 10.3. The molecule has 1 amide bonds. The number of imidazole rings is 1. The van der Waals surface area contributed by atoms with Crippen molar-refractivity contribution in [3.63, 3.8) is 0 Å². The van der Waals surface area contributed by atoms with Crippen molar-refractivity contribution in [3.05, 3.63) is 47.8 Å². The van der Waals surface area contributed by atoms with Gasteiger partial charge in [-0.1, -0.05) is 20.8 Å². The Morgan fingerprint density at radius 1 is 1.27 bits per heavy atom. The molecule has 118 valence electrons. The highest BCUT2D eigenvalue weighted by molar-refractivity contribution is 5.94. The Bertz CT molecular complexity index is 621. The van der Waals surface area contributed by atoms with E-state index >= 15 is 0 Å². The molecule has 1 atom stereocenters. The second-order valence-corrected chi connectivity index (χ2v) is 6.79. The van der Waals surface area contributed by atoms with Gasteiger partial charge in [0.05, 0.1) is 12.4 Å². The van der Waals surface area contributed by atoms with Gasteiger partial charge < -0.3 is 9.88 Å².